The number of methoxy groups -OCH3 is 2. The van der Waals surface area contributed by atoms with Gasteiger partial charge in [0.25, 0.3) is 0 Å². The highest BCUT2D eigenvalue weighted by Gasteiger charge is 2.06. The molecule has 1 amide bonds. The molecule has 0 aliphatic carbocycles. The molecule has 0 aromatic heterocycles. The molecule has 0 atom stereocenters. The Morgan fingerprint density at radius 3 is 2.72 bits per heavy atom. The number of nitrogens with one attached hydrogen (secondary N) is 1. The number of nitrogens with zero attached hydrogens (tertiary/aromatic N) is 1. The Labute approximate surface area is 108 Å². The summed E-state index contributed by atoms with van der Waals surface area (Å²) >= 11 is 0. The standard InChI is InChI=1S/C13H20N2O3/c1-15(9-8-14-13(16)18-3)10-11-6-4-5-7-12(11)17-2/h4-7H,8-10H2,1-3H3,(H,14,16). The molecule has 5 heteroatoms. The van der Waals surface area contributed by atoms with E-state index < -0.39 is 6.09 Å². The fourth-order valence-electron chi connectivity index (χ4n) is 1.62. The van der Waals surface area contributed by atoms with Crippen LogP contribution in [0.15, 0.2) is 24.3 Å². The van der Waals surface area contributed by atoms with E-state index >= 15 is 0 Å². The third kappa shape index (κ3) is 4.63. The molecule has 0 aliphatic heterocycles. The maximum Gasteiger partial charge on any atom is 0.406 e. The summed E-state index contributed by atoms with van der Waals surface area (Å²) in [5.74, 6) is 0.880. The Bertz CT molecular complexity index is 382. The Kier molecular flexibility index (Phi) is 6.00. The monoisotopic (exact) mass is 252 g/mol. The van der Waals surface area contributed by atoms with Gasteiger partial charge in [-0.15, -0.1) is 0 Å². The van der Waals surface area contributed by atoms with Crippen molar-refractivity contribution < 1.29 is 14.3 Å². The minimum Gasteiger partial charge on any atom is -0.496 e. The molecule has 1 N–H and O–H groups in total. The van der Waals surface area contributed by atoms with E-state index in [-0.39, 0.29) is 0 Å². The number of carbonyl (C=O) groups excluding carboxylic acids is 1. The highest BCUT2D eigenvalue weighted by atomic mass is 16.5. The smallest absolute Gasteiger partial charge is 0.406 e. The second-order valence-electron chi connectivity index (χ2n) is 3.97. The highest BCUT2D eigenvalue weighted by molar-refractivity contribution is 5.66. The Hall–Kier alpha value is -1.75. The minimum atomic E-state index is -0.402. The number of hydrogen-bond acceptors (Lipinski definition) is 4. The SMILES string of the molecule is COC(=O)NCCN(C)Cc1ccccc1OC. The molecule has 0 aliphatic rings. The van der Waals surface area contributed by atoms with Gasteiger partial charge in [0, 0.05) is 25.2 Å². The summed E-state index contributed by atoms with van der Waals surface area (Å²) in [7, 11) is 5.01. The predicted octanol–water partition coefficient (Wildman–Crippen LogP) is 1.48. The van der Waals surface area contributed by atoms with Gasteiger partial charge in [0.1, 0.15) is 5.75 Å². The number of benzene rings is 1. The average Bonchev–Trinajstić information content (AvgIpc) is 2.39. The van der Waals surface area contributed by atoms with E-state index in [1.54, 1.807) is 7.11 Å². The lowest BCUT2D eigenvalue weighted by molar-refractivity contribution is 0.169. The second-order valence-corrected chi connectivity index (χ2v) is 3.97. The molecule has 0 radical (unpaired) electrons. The van der Waals surface area contributed by atoms with Crippen LogP contribution in [0.1, 0.15) is 5.56 Å². The molecule has 1 rings (SSSR count). The van der Waals surface area contributed by atoms with Crippen LogP contribution >= 0.6 is 0 Å². The number of hydrogen-bond donors (Lipinski definition) is 1. The zero-order chi connectivity index (χ0) is 13.4. The van der Waals surface area contributed by atoms with Gasteiger partial charge >= 0.3 is 6.09 Å². The quantitative estimate of drug-likeness (QED) is 0.833. The number of carbonyl (C=O) groups is 1. The van der Waals surface area contributed by atoms with Gasteiger partial charge in [0.05, 0.1) is 14.2 Å². The van der Waals surface area contributed by atoms with Crippen LogP contribution < -0.4 is 10.1 Å². The summed E-state index contributed by atoms with van der Waals surface area (Å²) in [6.07, 6.45) is -0.402. The van der Waals surface area contributed by atoms with E-state index in [1.807, 2.05) is 31.3 Å². The van der Waals surface area contributed by atoms with E-state index in [4.69, 9.17) is 4.74 Å². The van der Waals surface area contributed by atoms with Crippen molar-refractivity contribution in [3.63, 3.8) is 0 Å². The number of rotatable bonds is 6. The fraction of sp³-hybridized carbons (Fsp3) is 0.462. The summed E-state index contributed by atoms with van der Waals surface area (Å²) in [4.78, 5) is 13.0. The predicted molar refractivity (Wildman–Crippen MR) is 69.7 cm³/mol. The summed E-state index contributed by atoms with van der Waals surface area (Å²) in [5.41, 5.74) is 1.13. The first-order chi connectivity index (χ1) is 8.67. The lowest BCUT2D eigenvalue weighted by atomic mass is 10.2. The van der Waals surface area contributed by atoms with Crippen molar-refractivity contribution in [2.45, 2.75) is 6.54 Å². The van der Waals surface area contributed by atoms with Crippen molar-refractivity contribution in [2.75, 3.05) is 34.4 Å². The van der Waals surface area contributed by atoms with Crippen LogP contribution in [0.3, 0.4) is 0 Å². The van der Waals surface area contributed by atoms with Crippen molar-refractivity contribution >= 4 is 6.09 Å². The molecule has 100 valence electrons. The zero-order valence-corrected chi connectivity index (χ0v) is 11.1. The Balaban J connectivity index is 2.39. The number of likely N-dealkylation sites (N-methyl/N-ethyl adjacent to an activating group) is 1. The molecule has 0 fully saturated rings. The maximum atomic E-state index is 10.9. The summed E-state index contributed by atoms with van der Waals surface area (Å²) in [6.45, 7) is 2.07. The number of alkyl carbamates (subject to hydrolysis) is 1. The van der Waals surface area contributed by atoms with Crippen LogP contribution in [-0.2, 0) is 11.3 Å². The summed E-state index contributed by atoms with van der Waals surface area (Å²) in [6, 6.07) is 7.90. The van der Waals surface area contributed by atoms with Gasteiger partial charge in [-0.1, -0.05) is 18.2 Å². The normalized spacial score (nSPS) is 10.2. The van der Waals surface area contributed by atoms with Crippen LogP contribution in [-0.4, -0.2) is 45.3 Å². The lowest BCUT2D eigenvalue weighted by Gasteiger charge is -2.18. The third-order valence-electron chi connectivity index (χ3n) is 2.58. The molecule has 5 nitrogen and oxygen atoms in total. The number of amides is 1. The van der Waals surface area contributed by atoms with Gasteiger partial charge in [-0.3, -0.25) is 0 Å². The molecular weight excluding hydrogens is 232 g/mol. The first kappa shape index (κ1) is 14.3. The lowest BCUT2D eigenvalue weighted by Crippen LogP contribution is -2.32. The van der Waals surface area contributed by atoms with Crippen LogP contribution in [0.5, 0.6) is 5.75 Å². The molecule has 0 spiro atoms. The molecule has 18 heavy (non-hydrogen) atoms. The van der Waals surface area contributed by atoms with E-state index in [1.165, 1.54) is 7.11 Å². The molecule has 1 aromatic rings. The van der Waals surface area contributed by atoms with E-state index in [2.05, 4.69) is 15.0 Å². The van der Waals surface area contributed by atoms with Crippen LogP contribution in [0.25, 0.3) is 0 Å². The van der Waals surface area contributed by atoms with E-state index in [0.717, 1.165) is 24.4 Å². The Morgan fingerprint density at radius 1 is 1.33 bits per heavy atom. The average molecular weight is 252 g/mol. The molecule has 0 unspecified atom stereocenters. The summed E-state index contributed by atoms with van der Waals surface area (Å²) in [5, 5.41) is 2.64. The van der Waals surface area contributed by atoms with Crippen molar-refractivity contribution in [1.82, 2.24) is 10.2 Å². The number of ether oxygens (including phenoxy) is 2. The molecular formula is C13H20N2O3. The first-order valence-corrected chi connectivity index (χ1v) is 5.79. The van der Waals surface area contributed by atoms with Crippen molar-refractivity contribution in [3.8, 4) is 5.75 Å². The zero-order valence-electron chi connectivity index (χ0n) is 11.1. The molecule has 0 heterocycles. The molecule has 0 saturated heterocycles. The maximum absolute atomic E-state index is 10.9. The molecule has 0 saturated carbocycles. The number of para-hydroxylation sites is 1. The Morgan fingerprint density at radius 2 is 2.06 bits per heavy atom. The largest absolute Gasteiger partial charge is 0.496 e. The van der Waals surface area contributed by atoms with Gasteiger partial charge in [-0.05, 0) is 13.1 Å². The van der Waals surface area contributed by atoms with Crippen molar-refractivity contribution in [3.05, 3.63) is 29.8 Å². The van der Waals surface area contributed by atoms with Crippen LogP contribution in [0.4, 0.5) is 4.79 Å². The van der Waals surface area contributed by atoms with Crippen LogP contribution in [0, 0.1) is 0 Å². The van der Waals surface area contributed by atoms with Gasteiger partial charge in [0.2, 0.25) is 0 Å². The van der Waals surface area contributed by atoms with Gasteiger partial charge in [-0.25, -0.2) is 4.79 Å². The van der Waals surface area contributed by atoms with Gasteiger partial charge in [-0.2, -0.15) is 0 Å². The van der Waals surface area contributed by atoms with Gasteiger partial charge < -0.3 is 19.7 Å². The van der Waals surface area contributed by atoms with Crippen LogP contribution in [0.2, 0.25) is 0 Å². The van der Waals surface area contributed by atoms with E-state index in [0.29, 0.717) is 6.54 Å². The molecule has 1 aromatic carbocycles. The topological polar surface area (TPSA) is 50.8 Å². The third-order valence-corrected chi connectivity index (χ3v) is 2.58. The van der Waals surface area contributed by atoms with Gasteiger partial charge in [0.15, 0.2) is 0 Å². The van der Waals surface area contributed by atoms with Crippen molar-refractivity contribution in [2.24, 2.45) is 0 Å². The minimum absolute atomic E-state index is 0.402. The molecule has 0 bridgehead atoms. The first-order valence-electron chi connectivity index (χ1n) is 5.79. The van der Waals surface area contributed by atoms with Crippen molar-refractivity contribution in [1.29, 1.82) is 0 Å². The van der Waals surface area contributed by atoms with E-state index in [9.17, 15) is 4.79 Å². The fourth-order valence-corrected chi connectivity index (χ4v) is 1.62. The highest BCUT2D eigenvalue weighted by Crippen LogP contribution is 2.18. The summed E-state index contributed by atoms with van der Waals surface area (Å²) < 4.78 is 9.79. The second kappa shape index (κ2) is 7.55.